The van der Waals surface area contributed by atoms with Crippen molar-refractivity contribution in [2.75, 3.05) is 7.11 Å². The average Bonchev–Trinajstić information content (AvgIpc) is 2.71. The maximum absolute atomic E-state index is 12.5. The summed E-state index contributed by atoms with van der Waals surface area (Å²) in [7, 11) is 1.57. The van der Waals surface area contributed by atoms with E-state index in [0.717, 1.165) is 23.0 Å². The van der Waals surface area contributed by atoms with E-state index in [1.165, 1.54) is 6.07 Å². The molecule has 1 amide bonds. The molecule has 142 valence electrons. The molecule has 0 saturated carbocycles. The quantitative estimate of drug-likeness (QED) is 0.549. The minimum atomic E-state index is -0.308. The average molecular weight is 414 g/mol. The number of amides is 1. The Bertz CT molecular complexity index is 1030. The van der Waals surface area contributed by atoms with Crippen LogP contribution < -0.4 is 10.1 Å². The number of nitrogens with one attached hydrogen (secondary N) is 1. The number of halogens is 2. The normalized spacial score (nSPS) is 10.4. The number of rotatable bonds is 6. The zero-order valence-electron chi connectivity index (χ0n) is 15.0. The van der Waals surface area contributed by atoms with E-state index in [-0.39, 0.29) is 17.5 Å². The molecule has 3 aromatic rings. The Morgan fingerprint density at radius 2 is 1.82 bits per heavy atom. The second kappa shape index (κ2) is 8.91. The second-order valence-electron chi connectivity index (χ2n) is 6.08. The fourth-order valence-electron chi connectivity index (χ4n) is 2.83. The van der Waals surface area contributed by atoms with Gasteiger partial charge in [0, 0.05) is 22.7 Å². The zero-order valence-corrected chi connectivity index (χ0v) is 16.6. The molecule has 0 radical (unpaired) electrons. The van der Waals surface area contributed by atoms with Crippen molar-refractivity contribution in [2.45, 2.75) is 6.54 Å². The van der Waals surface area contributed by atoms with E-state index in [1.807, 2.05) is 36.4 Å². The van der Waals surface area contributed by atoms with Gasteiger partial charge in [0.05, 0.1) is 17.7 Å². The monoisotopic (exact) mass is 413 g/mol. The minimum Gasteiger partial charge on any atom is -0.496 e. The van der Waals surface area contributed by atoms with Crippen molar-refractivity contribution in [3.05, 3.63) is 87.4 Å². The van der Waals surface area contributed by atoms with Crippen LogP contribution in [0.1, 0.15) is 26.3 Å². The lowest BCUT2D eigenvalue weighted by molar-refractivity contribution is 0.0950. The lowest BCUT2D eigenvalue weighted by Crippen LogP contribution is -2.23. The van der Waals surface area contributed by atoms with Crippen LogP contribution in [0.25, 0.3) is 11.1 Å². The smallest absolute Gasteiger partial charge is 0.253 e. The molecule has 6 heteroatoms. The van der Waals surface area contributed by atoms with Gasteiger partial charge >= 0.3 is 0 Å². The summed E-state index contributed by atoms with van der Waals surface area (Å²) in [6.07, 6.45) is 0.810. The summed E-state index contributed by atoms with van der Waals surface area (Å²) < 4.78 is 5.41. The Hall–Kier alpha value is -2.82. The molecule has 28 heavy (non-hydrogen) atoms. The van der Waals surface area contributed by atoms with E-state index in [1.54, 1.807) is 25.3 Å². The molecule has 0 bridgehead atoms. The van der Waals surface area contributed by atoms with Gasteiger partial charge in [-0.1, -0.05) is 47.5 Å². The molecule has 0 aromatic heterocycles. The van der Waals surface area contributed by atoms with Crippen molar-refractivity contribution < 1.29 is 14.3 Å². The number of carbonyl (C=O) groups excluding carboxylic acids is 2. The number of benzene rings is 3. The number of ether oxygens (including phenoxy) is 1. The zero-order chi connectivity index (χ0) is 20.1. The summed E-state index contributed by atoms with van der Waals surface area (Å²) >= 11 is 12.0. The Balaban J connectivity index is 1.84. The molecule has 0 aliphatic carbocycles. The number of aldehydes is 1. The molecule has 1 N–H and O–H groups in total. The largest absolute Gasteiger partial charge is 0.496 e. The number of methoxy groups -OCH3 is 1. The molecular weight excluding hydrogens is 397 g/mol. The molecule has 0 unspecified atom stereocenters. The fraction of sp³-hybridized carbons (Fsp3) is 0.0909. The van der Waals surface area contributed by atoms with Crippen LogP contribution in [0.4, 0.5) is 0 Å². The number of hydrogen-bond donors (Lipinski definition) is 1. The number of hydrogen-bond acceptors (Lipinski definition) is 3. The van der Waals surface area contributed by atoms with Gasteiger partial charge in [0.1, 0.15) is 12.0 Å². The summed E-state index contributed by atoms with van der Waals surface area (Å²) in [4.78, 5) is 23.5. The predicted molar refractivity (Wildman–Crippen MR) is 111 cm³/mol. The molecular formula is C22H17Cl2NO3. The van der Waals surface area contributed by atoms with Crippen LogP contribution in [-0.2, 0) is 6.54 Å². The van der Waals surface area contributed by atoms with Crippen LogP contribution in [0.5, 0.6) is 5.75 Å². The first-order valence-electron chi connectivity index (χ1n) is 8.47. The molecule has 0 saturated heterocycles. The van der Waals surface area contributed by atoms with Crippen molar-refractivity contribution in [3.8, 4) is 16.9 Å². The lowest BCUT2D eigenvalue weighted by Gasteiger charge is -2.13. The molecule has 3 aromatic carbocycles. The summed E-state index contributed by atoms with van der Waals surface area (Å²) in [6.45, 7) is 0.252. The van der Waals surface area contributed by atoms with E-state index in [9.17, 15) is 9.59 Å². The first-order chi connectivity index (χ1) is 13.5. The highest BCUT2D eigenvalue weighted by molar-refractivity contribution is 6.36. The van der Waals surface area contributed by atoms with Crippen molar-refractivity contribution in [3.63, 3.8) is 0 Å². The first-order valence-corrected chi connectivity index (χ1v) is 9.23. The van der Waals surface area contributed by atoms with Gasteiger partial charge in [0.15, 0.2) is 0 Å². The molecule has 0 aliphatic rings. The predicted octanol–water partition coefficient (Wildman–Crippen LogP) is 5.41. The molecule has 4 nitrogen and oxygen atoms in total. The molecule has 0 atom stereocenters. The fourth-order valence-corrected chi connectivity index (χ4v) is 3.33. The van der Waals surface area contributed by atoms with Crippen LogP contribution in [0.2, 0.25) is 10.0 Å². The minimum absolute atomic E-state index is 0.252. The van der Waals surface area contributed by atoms with Crippen LogP contribution >= 0.6 is 23.2 Å². The van der Waals surface area contributed by atoms with Gasteiger partial charge in [-0.25, -0.2) is 0 Å². The Kier molecular flexibility index (Phi) is 6.34. The third-order valence-electron chi connectivity index (χ3n) is 4.25. The van der Waals surface area contributed by atoms with Crippen LogP contribution in [0, 0.1) is 0 Å². The summed E-state index contributed by atoms with van der Waals surface area (Å²) in [5.41, 5.74) is 3.56. The summed E-state index contributed by atoms with van der Waals surface area (Å²) in [5.74, 6) is 0.342. The van der Waals surface area contributed by atoms with E-state index in [2.05, 4.69) is 5.32 Å². The van der Waals surface area contributed by atoms with E-state index in [4.69, 9.17) is 27.9 Å². The first kappa shape index (κ1) is 19.9. The third-order valence-corrected chi connectivity index (χ3v) is 4.80. The SMILES string of the molecule is COc1ccc(-c2cccc(C=O)c2)cc1CNC(=O)c1ccc(Cl)cc1Cl. The highest BCUT2D eigenvalue weighted by atomic mass is 35.5. The van der Waals surface area contributed by atoms with Crippen molar-refractivity contribution >= 4 is 35.4 Å². The van der Waals surface area contributed by atoms with Gasteiger partial charge in [-0.15, -0.1) is 0 Å². The van der Waals surface area contributed by atoms with Gasteiger partial charge in [-0.05, 0) is 47.5 Å². The summed E-state index contributed by atoms with van der Waals surface area (Å²) in [6, 6.07) is 17.7. The standard InChI is InChI=1S/C22H17Cl2NO3/c1-28-21-8-5-16(15-4-2-3-14(9-15)13-26)10-17(21)12-25-22(27)19-7-6-18(23)11-20(19)24/h2-11,13H,12H2,1H3,(H,25,27). The second-order valence-corrected chi connectivity index (χ2v) is 6.92. The van der Waals surface area contributed by atoms with Gasteiger partial charge < -0.3 is 10.1 Å². The molecule has 3 rings (SSSR count). The summed E-state index contributed by atoms with van der Waals surface area (Å²) in [5, 5.41) is 3.60. The van der Waals surface area contributed by atoms with Crippen molar-refractivity contribution in [2.24, 2.45) is 0 Å². The lowest BCUT2D eigenvalue weighted by atomic mass is 10.0. The maximum Gasteiger partial charge on any atom is 0.253 e. The van der Waals surface area contributed by atoms with Gasteiger partial charge in [-0.2, -0.15) is 0 Å². The van der Waals surface area contributed by atoms with E-state index >= 15 is 0 Å². The third kappa shape index (κ3) is 4.53. The Labute approximate surface area is 173 Å². The molecule has 0 aliphatic heterocycles. The van der Waals surface area contributed by atoms with Crippen molar-refractivity contribution in [1.82, 2.24) is 5.32 Å². The van der Waals surface area contributed by atoms with Crippen molar-refractivity contribution in [1.29, 1.82) is 0 Å². The number of carbonyl (C=O) groups is 2. The van der Waals surface area contributed by atoms with E-state index in [0.29, 0.717) is 21.9 Å². The topological polar surface area (TPSA) is 55.4 Å². The molecule has 0 heterocycles. The highest BCUT2D eigenvalue weighted by Gasteiger charge is 2.12. The van der Waals surface area contributed by atoms with Crippen LogP contribution in [0.15, 0.2) is 60.7 Å². The van der Waals surface area contributed by atoms with E-state index < -0.39 is 0 Å². The van der Waals surface area contributed by atoms with Crippen LogP contribution in [0.3, 0.4) is 0 Å². The Morgan fingerprint density at radius 1 is 1.04 bits per heavy atom. The molecule has 0 fully saturated rings. The van der Waals surface area contributed by atoms with Gasteiger partial charge in [-0.3, -0.25) is 9.59 Å². The van der Waals surface area contributed by atoms with Crippen LogP contribution in [-0.4, -0.2) is 19.3 Å². The molecule has 0 spiro atoms. The maximum atomic E-state index is 12.5. The highest BCUT2D eigenvalue weighted by Crippen LogP contribution is 2.27. The van der Waals surface area contributed by atoms with Gasteiger partial charge in [0.25, 0.3) is 5.91 Å². The Morgan fingerprint density at radius 3 is 2.54 bits per heavy atom. The van der Waals surface area contributed by atoms with Gasteiger partial charge in [0.2, 0.25) is 0 Å².